The second-order valence-electron chi connectivity index (χ2n) is 5.11. The Hall–Kier alpha value is -1.55. The van der Waals surface area contributed by atoms with E-state index < -0.39 is 0 Å². The van der Waals surface area contributed by atoms with Gasteiger partial charge in [0.15, 0.2) is 0 Å². The van der Waals surface area contributed by atoms with E-state index in [1.807, 2.05) is 24.3 Å². The highest BCUT2D eigenvalue weighted by atomic mass is 16.5. The lowest BCUT2D eigenvalue weighted by molar-refractivity contribution is -0.114. The summed E-state index contributed by atoms with van der Waals surface area (Å²) in [6.07, 6.45) is 4.97. The molecule has 0 bridgehead atoms. The van der Waals surface area contributed by atoms with Gasteiger partial charge in [0.1, 0.15) is 0 Å². The first kappa shape index (κ1) is 13.9. The van der Waals surface area contributed by atoms with Crippen molar-refractivity contribution < 1.29 is 9.53 Å². The predicted molar refractivity (Wildman–Crippen MR) is 77.4 cm³/mol. The molecule has 1 aromatic rings. The van der Waals surface area contributed by atoms with Crippen LogP contribution in [0.15, 0.2) is 24.3 Å². The van der Waals surface area contributed by atoms with Gasteiger partial charge in [-0.15, -0.1) is 0 Å². The van der Waals surface area contributed by atoms with Crippen LogP contribution in [0.1, 0.15) is 32.6 Å². The maximum Gasteiger partial charge on any atom is 0.221 e. The van der Waals surface area contributed by atoms with Crippen molar-refractivity contribution in [2.75, 3.05) is 17.7 Å². The van der Waals surface area contributed by atoms with Crippen molar-refractivity contribution in [3.63, 3.8) is 0 Å². The minimum absolute atomic E-state index is 0.0430. The molecule has 0 heterocycles. The van der Waals surface area contributed by atoms with E-state index in [1.165, 1.54) is 6.92 Å². The highest BCUT2D eigenvalue weighted by molar-refractivity contribution is 5.88. The molecule has 104 valence electrons. The molecule has 0 aromatic heterocycles. The molecule has 19 heavy (non-hydrogen) atoms. The summed E-state index contributed by atoms with van der Waals surface area (Å²) in [6.45, 7) is 1.51. The molecule has 2 rings (SSSR count). The van der Waals surface area contributed by atoms with Crippen LogP contribution in [0, 0.1) is 0 Å². The molecular weight excluding hydrogens is 240 g/mol. The van der Waals surface area contributed by atoms with E-state index in [0.717, 1.165) is 37.1 Å². The first-order valence-electron chi connectivity index (χ1n) is 6.84. The molecule has 0 radical (unpaired) electrons. The number of hydrogen-bond acceptors (Lipinski definition) is 3. The second-order valence-corrected chi connectivity index (χ2v) is 5.11. The molecular formula is C15H22N2O2. The van der Waals surface area contributed by atoms with Crippen molar-refractivity contribution in [2.24, 2.45) is 0 Å². The zero-order valence-electron chi connectivity index (χ0n) is 11.6. The number of carbonyl (C=O) groups excluding carboxylic acids is 1. The SMILES string of the molecule is COC1CCC(Nc2ccc(NC(C)=O)cc2)CC1. The minimum Gasteiger partial charge on any atom is -0.382 e. The van der Waals surface area contributed by atoms with Crippen LogP contribution < -0.4 is 10.6 Å². The third-order valence-electron chi connectivity index (χ3n) is 3.58. The van der Waals surface area contributed by atoms with Crippen molar-refractivity contribution >= 4 is 17.3 Å². The summed E-state index contributed by atoms with van der Waals surface area (Å²) in [5, 5.41) is 6.30. The minimum atomic E-state index is -0.0430. The third-order valence-corrected chi connectivity index (χ3v) is 3.58. The Morgan fingerprint density at radius 2 is 1.68 bits per heavy atom. The van der Waals surface area contributed by atoms with E-state index >= 15 is 0 Å². The molecule has 4 nitrogen and oxygen atoms in total. The van der Waals surface area contributed by atoms with E-state index in [9.17, 15) is 4.79 Å². The first-order chi connectivity index (χ1) is 9.17. The van der Waals surface area contributed by atoms with Gasteiger partial charge in [0.2, 0.25) is 5.91 Å². The van der Waals surface area contributed by atoms with Gasteiger partial charge in [0.05, 0.1) is 6.10 Å². The quantitative estimate of drug-likeness (QED) is 0.877. The normalized spacial score (nSPS) is 22.8. The molecule has 2 N–H and O–H groups in total. The molecule has 1 aromatic carbocycles. The molecule has 0 atom stereocenters. The summed E-state index contributed by atoms with van der Waals surface area (Å²) in [7, 11) is 1.79. The number of amides is 1. The number of ether oxygens (including phenoxy) is 1. The van der Waals surface area contributed by atoms with Crippen molar-refractivity contribution in [3.8, 4) is 0 Å². The topological polar surface area (TPSA) is 50.4 Å². The van der Waals surface area contributed by atoms with Crippen LogP contribution in [-0.2, 0) is 9.53 Å². The molecule has 1 amide bonds. The molecule has 4 heteroatoms. The Labute approximate surface area is 114 Å². The lowest BCUT2D eigenvalue weighted by Crippen LogP contribution is -2.29. The fourth-order valence-electron chi connectivity index (χ4n) is 2.53. The maximum absolute atomic E-state index is 10.9. The van der Waals surface area contributed by atoms with Gasteiger partial charge in [0, 0.05) is 31.5 Å². The van der Waals surface area contributed by atoms with Crippen LogP contribution in [0.25, 0.3) is 0 Å². The fraction of sp³-hybridized carbons (Fsp3) is 0.533. The number of nitrogens with one attached hydrogen (secondary N) is 2. The molecule has 0 unspecified atom stereocenters. The molecule has 0 spiro atoms. The smallest absolute Gasteiger partial charge is 0.221 e. The van der Waals surface area contributed by atoms with Gasteiger partial charge in [-0.1, -0.05) is 0 Å². The predicted octanol–water partition coefficient (Wildman–Crippen LogP) is 3.01. The van der Waals surface area contributed by atoms with Gasteiger partial charge in [-0.25, -0.2) is 0 Å². The van der Waals surface area contributed by atoms with Gasteiger partial charge in [-0.2, -0.15) is 0 Å². The number of rotatable bonds is 4. The van der Waals surface area contributed by atoms with Crippen molar-refractivity contribution in [1.82, 2.24) is 0 Å². The lowest BCUT2D eigenvalue weighted by Gasteiger charge is -2.28. The van der Waals surface area contributed by atoms with Crippen LogP contribution in [0.2, 0.25) is 0 Å². The standard InChI is InChI=1S/C15H22N2O2/c1-11(18)16-12-3-5-13(6-4-12)17-14-7-9-15(19-2)10-8-14/h3-6,14-15,17H,7-10H2,1-2H3,(H,16,18). The van der Waals surface area contributed by atoms with E-state index in [-0.39, 0.29) is 5.91 Å². The summed E-state index contributed by atoms with van der Waals surface area (Å²) >= 11 is 0. The summed E-state index contributed by atoms with van der Waals surface area (Å²) in [6, 6.07) is 8.38. The summed E-state index contributed by atoms with van der Waals surface area (Å²) in [5.41, 5.74) is 1.94. The zero-order chi connectivity index (χ0) is 13.7. The maximum atomic E-state index is 10.9. The average molecular weight is 262 g/mol. The zero-order valence-corrected chi connectivity index (χ0v) is 11.6. The van der Waals surface area contributed by atoms with E-state index in [4.69, 9.17) is 4.74 Å². The van der Waals surface area contributed by atoms with Crippen molar-refractivity contribution in [1.29, 1.82) is 0 Å². The van der Waals surface area contributed by atoms with E-state index in [1.54, 1.807) is 7.11 Å². The van der Waals surface area contributed by atoms with Gasteiger partial charge < -0.3 is 15.4 Å². The van der Waals surface area contributed by atoms with Crippen LogP contribution in [0.3, 0.4) is 0 Å². The van der Waals surface area contributed by atoms with Gasteiger partial charge in [0.25, 0.3) is 0 Å². The Bertz CT molecular complexity index is 409. The Morgan fingerprint density at radius 3 is 2.21 bits per heavy atom. The van der Waals surface area contributed by atoms with Gasteiger partial charge in [-0.05, 0) is 49.9 Å². The van der Waals surface area contributed by atoms with Crippen molar-refractivity contribution in [3.05, 3.63) is 24.3 Å². The van der Waals surface area contributed by atoms with Gasteiger partial charge >= 0.3 is 0 Å². The lowest BCUT2D eigenvalue weighted by atomic mass is 9.93. The summed E-state index contributed by atoms with van der Waals surface area (Å²) < 4.78 is 5.37. The molecule has 1 aliphatic rings. The summed E-state index contributed by atoms with van der Waals surface area (Å²) in [5.74, 6) is -0.0430. The number of anilines is 2. The number of benzene rings is 1. The molecule has 1 aliphatic carbocycles. The Morgan fingerprint density at radius 1 is 1.11 bits per heavy atom. The molecule has 0 saturated heterocycles. The first-order valence-corrected chi connectivity index (χ1v) is 6.84. The second kappa shape index (κ2) is 6.57. The average Bonchev–Trinajstić information content (AvgIpc) is 2.41. The fourth-order valence-corrected chi connectivity index (χ4v) is 2.53. The van der Waals surface area contributed by atoms with E-state index in [2.05, 4.69) is 10.6 Å². The number of carbonyl (C=O) groups is 1. The van der Waals surface area contributed by atoms with Gasteiger partial charge in [-0.3, -0.25) is 4.79 Å². The third kappa shape index (κ3) is 4.24. The van der Waals surface area contributed by atoms with Crippen LogP contribution in [0.4, 0.5) is 11.4 Å². The number of methoxy groups -OCH3 is 1. The summed E-state index contributed by atoms with van der Waals surface area (Å²) in [4.78, 5) is 10.9. The van der Waals surface area contributed by atoms with Crippen LogP contribution >= 0.6 is 0 Å². The number of hydrogen-bond donors (Lipinski definition) is 2. The monoisotopic (exact) mass is 262 g/mol. The van der Waals surface area contributed by atoms with Crippen LogP contribution in [0.5, 0.6) is 0 Å². The van der Waals surface area contributed by atoms with E-state index in [0.29, 0.717) is 12.1 Å². The Kier molecular flexibility index (Phi) is 4.80. The largest absolute Gasteiger partial charge is 0.382 e. The Balaban J connectivity index is 1.84. The molecule has 1 fully saturated rings. The highest BCUT2D eigenvalue weighted by Gasteiger charge is 2.20. The molecule has 0 aliphatic heterocycles. The highest BCUT2D eigenvalue weighted by Crippen LogP contribution is 2.24. The van der Waals surface area contributed by atoms with Crippen molar-refractivity contribution in [2.45, 2.75) is 44.8 Å². The van der Waals surface area contributed by atoms with Crippen LogP contribution in [-0.4, -0.2) is 25.2 Å². The molecule has 1 saturated carbocycles.